The number of hydrogen-bond acceptors (Lipinski definition) is 1. The van der Waals surface area contributed by atoms with Crippen LogP contribution in [0, 0.1) is 0 Å². The van der Waals surface area contributed by atoms with Crippen LogP contribution in [-0.4, -0.2) is 24.7 Å². The lowest BCUT2D eigenvalue weighted by molar-refractivity contribution is -0.161. The number of guanidine groups is 1. The zero-order chi connectivity index (χ0) is 9.41. The minimum absolute atomic E-state index is 0.0761. The minimum Gasteiger partial charge on any atom is -0.370 e. The lowest BCUT2D eigenvalue weighted by Gasteiger charge is -2.20. The van der Waals surface area contributed by atoms with Crippen LogP contribution in [0.25, 0.3) is 0 Å². The summed E-state index contributed by atoms with van der Waals surface area (Å²) in [5, 5.41) is 2.16. The van der Waals surface area contributed by atoms with Gasteiger partial charge in [0, 0.05) is 7.05 Å². The lowest BCUT2D eigenvalue weighted by atomic mass is 10.3. The second-order valence-corrected chi connectivity index (χ2v) is 2.81. The molecule has 1 saturated carbocycles. The summed E-state index contributed by atoms with van der Waals surface area (Å²) >= 11 is 0. The summed E-state index contributed by atoms with van der Waals surface area (Å²) in [5.41, 5.74) is 3.34. The molecule has 70 valence electrons. The lowest BCUT2D eigenvalue weighted by Crippen LogP contribution is -2.50. The fraction of sp³-hybridized carbons (Fsp3) is 0.833. The molecule has 1 aliphatic rings. The first-order chi connectivity index (χ1) is 5.41. The molecule has 12 heavy (non-hydrogen) atoms. The largest absolute Gasteiger partial charge is 0.411 e. The van der Waals surface area contributed by atoms with Gasteiger partial charge in [-0.15, -0.1) is 0 Å². The Morgan fingerprint density at radius 2 is 2.00 bits per heavy atom. The van der Waals surface area contributed by atoms with Crippen molar-refractivity contribution in [2.75, 3.05) is 7.05 Å². The quantitative estimate of drug-likeness (QED) is 0.460. The van der Waals surface area contributed by atoms with Gasteiger partial charge in [-0.3, -0.25) is 4.99 Å². The molecular formula is C6H10F3N3. The monoisotopic (exact) mass is 181 g/mol. The maximum Gasteiger partial charge on any atom is 0.411 e. The Morgan fingerprint density at radius 3 is 2.25 bits per heavy atom. The van der Waals surface area contributed by atoms with Gasteiger partial charge in [0.1, 0.15) is 5.54 Å². The Bertz CT molecular complexity index is 205. The van der Waals surface area contributed by atoms with E-state index in [2.05, 4.69) is 10.3 Å². The third-order valence-electron chi connectivity index (χ3n) is 1.90. The zero-order valence-electron chi connectivity index (χ0n) is 6.57. The standard InChI is InChI=1S/C6H10F3N3/c1-11-4(10)12-5(2-3-5)6(7,8)9/h2-3H2,1H3,(H3,10,11,12). The molecule has 0 unspecified atom stereocenters. The van der Waals surface area contributed by atoms with Crippen LogP contribution < -0.4 is 11.1 Å². The van der Waals surface area contributed by atoms with Crippen LogP contribution in [-0.2, 0) is 0 Å². The summed E-state index contributed by atoms with van der Waals surface area (Å²) in [6.07, 6.45) is -4.08. The van der Waals surface area contributed by atoms with Crippen LogP contribution in [0.15, 0.2) is 4.99 Å². The number of alkyl halides is 3. The van der Waals surface area contributed by atoms with Gasteiger partial charge in [-0.1, -0.05) is 0 Å². The highest BCUT2D eigenvalue weighted by Crippen LogP contribution is 2.48. The Labute approximate surface area is 67.8 Å². The van der Waals surface area contributed by atoms with Crippen LogP contribution in [0.1, 0.15) is 12.8 Å². The zero-order valence-corrected chi connectivity index (χ0v) is 6.57. The van der Waals surface area contributed by atoms with Crippen LogP contribution in [0.2, 0.25) is 0 Å². The van der Waals surface area contributed by atoms with Crippen LogP contribution in [0.4, 0.5) is 13.2 Å². The Hall–Kier alpha value is -0.940. The van der Waals surface area contributed by atoms with Gasteiger partial charge in [-0.2, -0.15) is 13.2 Å². The molecule has 0 aromatic rings. The van der Waals surface area contributed by atoms with E-state index in [0.717, 1.165) is 0 Å². The van der Waals surface area contributed by atoms with Crippen molar-refractivity contribution in [1.29, 1.82) is 0 Å². The van der Waals surface area contributed by atoms with E-state index in [4.69, 9.17) is 5.73 Å². The van der Waals surface area contributed by atoms with Gasteiger partial charge >= 0.3 is 6.18 Å². The third-order valence-corrected chi connectivity index (χ3v) is 1.90. The van der Waals surface area contributed by atoms with Gasteiger partial charge in [-0.25, -0.2) is 0 Å². The maximum atomic E-state index is 12.2. The summed E-state index contributed by atoms with van der Waals surface area (Å²) in [5.74, 6) is -0.162. The summed E-state index contributed by atoms with van der Waals surface area (Å²) < 4.78 is 36.7. The molecule has 0 spiro atoms. The molecule has 0 atom stereocenters. The molecule has 1 aliphatic carbocycles. The number of rotatable bonds is 1. The average molecular weight is 181 g/mol. The van der Waals surface area contributed by atoms with Gasteiger partial charge in [0.15, 0.2) is 5.96 Å². The van der Waals surface area contributed by atoms with Crippen molar-refractivity contribution in [3.63, 3.8) is 0 Å². The van der Waals surface area contributed by atoms with Crippen molar-refractivity contribution in [3.8, 4) is 0 Å². The van der Waals surface area contributed by atoms with E-state index >= 15 is 0 Å². The molecule has 0 aliphatic heterocycles. The fourth-order valence-corrected chi connectivity index (χ4v) is 0.905. The number of hydrogen-bond donors (Lipinski definition) is 2. The van der Waals surface area contributed by atoms with Crippen molar-refractivity contribution in [2.24, 2.45) is 10.7 Å². The predicted molar refractivity (Wildman–Crippen MR) is 38.7 cm³/mol. The number of nitrogens with zero attached hydrogens (tertiary/aromatic N) is 1. The van der Waals surface area contributed by atoms with Gasteiger partial charge in [0.2, 0.25) is 0 Å². The first-order valence-electron chi connectivity index (χ1n) is 3.48. The van der Waals surface area contributed by atoms with Crippen molar-refractivity contribution in [3.05, 3.63) is 0 Å². The number of nitrogens with two attached hydrogens (primary N) is 1. The molecule has 0 aromatic heterocycles. The first kappa shape index (κ1) is 9.15. The number of nitrogens with one attached hydrogen (secondary N) is 1. The van der Waals surface area contributed by atoms with Crippen LogP contribution in [0.5, 0.6) is 0 Å². The third kappa shape index (κ3) is 1.46. The minimum atomic E-state index is -4.23. The van der Waals surface area contributed by atoms with E-state index < -0.39 is 11.7 Å². The van der Waals surface area contributed by atoms with E-state index in [1.807, 2.05) is 0 Å². The van der Waals surface area contributed by atoms with E-state index in [1.54, 1.807) is 0 Å². The highest BCUT2D eigenvalue weighted by atomic mass is 19.4. The summed E-state index contributed by atoms with van der Waals surface area (Å²) in [6, 6.07) is 0. The Balaban J connectivity index is 2.63. The SMILES string of the molecule is CN=C(N)NC1(C(F)(F)F)CC1. The van der Waals surface area contributed by atoms with Crippen molar-refractivity contribution >= 4 is 5.96 Å². The topological polar surface area (TPSA) is 50.4 Å². The van der Waals surface area contributed by atoms with Crippen molar-refractivity contribution in [2.45, 2.75) is 24.6 Å². The molecule has 6 heteroatoms. The molecule has 3 N–H and O–H groups in total. The highest BCUT2D eigenvalue weighted by Gasteiger charge is 2.63. The molecule has 0 saturated heterocycles. The van der Waals surface area contributed by atoms with Crippen molar-refractivity contribution < 1.29 is 13.2 Å². The van der Waals surface area contributed by atoms with Crippen LogP contribution >= 0.6 is 0 Å². The Morgan fingerprint density at radius 1 is 1.50 bits per heavy atom. The molecule has 3 nitrogen and oxygen atoms in total. The Kier molecular flexibility index (Phi) is 1.93. The summed E-state index contributed by atoms with van der Waals surface area (Å²) in [7, 11) is 1.34. The number of aliphatic imine (C=N–C) groups is 1. The van der Waals surface area contributed by atoms with Gasteiger partial charge in [0.25, 0.3) is 0 Å². The van der Waals surface area contributed by atoms with Gasteiger partial charge < -0.3 is 11.1 Å². The second kappa shape index (κ2) is 2.53. The molecule has 0 heterocycles. The van der Waals surface area contributed by atoms with Gasteiger partial charge in [-0.05, 0) is 12.8 Å². The average Bonchev–Trinajstić information content (AvgIpc) is 2.67. The second-order valence-electron chi connectivity index (χ2n) is 2.81. The molecule has 1 rings (SSSR count). The molecule has 0 amide bonds. The van der Waals surface area contributed by atoms with E-state index in [-0.39, 0.29) is 18.8 Å². The first-order valence-corrected chi connectivity index (χ1v) is 3.48. The van der Waals surface area contributed by atoms with Gasteiger partial charge in [0.05, 0.1) is 0 Å². The van der Waals surface area contributed by atoms with E-state index in [9.17, 15) is 13.2 Å². The normalized spacial score (nSPS) is 22.2. The van der Waals surface area contributed by atoms with E-state index in [0.29, 0.717) is 0 Å². The molecule has 0 bridgehead atoms. The predicted octanol–water partition coefficient (Wildman–Crippen LogP) is 0.615. The molecule has 0 aromatic carbocycles. The smallest absolute Gasteiger partial charge is 0.370 e. The highest BCUT2D eigenvalue weighted by molar-refractivity contribution is 5.79. The molecule has 0 radical (unpaired) electrons. The summed E-state index contributed by atoms with van der Waals surface area (Å²) in [4.78, 5) is 3.41. The fourth-order valence-electron chi connectivity index (χ4n) is 0.905. The summed E-state index contributed by atoms with van der Waals surface area (Å²) in [6.45, 7) is 0. The molecule has 1 fully saturated rings. The maximum absolute atomic E-state index is 12.2. The van der Waals surface area contributed by atoms with Crippen LogP contribution in [0.3, 0.4) is 0 Å². The van der Waals surface area contributed by atoms with Crippen molar-refractivity contribution in [1.82, 2.24) is 5.32 Å². The van der Waals surface area contributed by atoms with E-state index in [1.165, 1.54) is 7.05 Å². The number of halogens is 3. The molecular weight excluding hydrogens is 171 g/mol.